The number of hydrogen-bond acceptors (Lipinski definition) is 2. The van der Waals surface area contributed by atoms with Crippen LogP contribution in [0.1, 0.15) is 29.3 Å². The van der Waals surface area contributed by atoms with E-state index in [1.165, 1.54) is 19.1 Å². The second kappa shape index (κ2) is 6.93. The molecule has 2 rings (SSSR count). The summed E-state index contributed by atoms with van der Waals surface area (Å²) in [7, 11) is 0. The van der Waals surface area contributed by atoms with Crippen LogP contribution in [-0.4, -0.2) is 11.6 Å². The maximum atomic E-state index is 12.9. The van der Waals surface area contributed by atoms with Crippen LogP contribution in [0.4, 0.5) is 4.39 Å². The molecule has 0 amide bonds. The summed E-state index contributed by atoms with van der Waals surface area (Å²) in [4.78, 5) is 24.1. The molecule has 0 aliphatic heterocycles. The van der Waals surface area contributed by atoms with Crippen LogP contribution in [0.3, 0.4) is 0 Å². The van der Waals surface area contributed by atoms with Gasteiger partial charge >= 0.3 is 0 Å². The fraction of sp³-hybridized carbons (Fsp3) is 0.222. The molecule has 0 radical (unpaired) electrons. The number of aryl methyl sites for hydroxylation is 1. The number of ketones is 2. The van der Waals surface area contributed by atoms with E-state index < -0.39 is 5.92 Å². The molecule has 3 heteroatoms. The van der Waals surface area contributed by atoms with Crippen LogP contribution in [0.5, 0.6) is 0 Å². The highest BCUT2D eigenvalue weighted by molar-refractivity contribution is 6.10. The van der Waals surface area contributed by atoms with E-state index in [9.17, 15) is 14.0 Å². The van der Waals surface area contributed by atoms with E-state index in [1.54, 1.807) is 36.4 Å². The van der Waals surface area contributed by atoms with Crippen molar-refractivity contribution in [3.8, 4) is 0 Å². The van der Waals surface area contributed by atoms with Crippen molar-refractivity contribution < 1.29 is 14.0 Å². The van der Waals surface area contributed by atoms with Gasteiger partial charge in [0.25, 0.3) is 0 Å². The minimum Gasteiger partial charge on any atom is -0.299 e. The minimum atomic E-state index is -0.641. The van der Waals surface area contributed by atoms with E-state index in [0.29, 0.717) is 18.4 Å². The normalized spacial score (nSPS) is 11.9. The number of halogens is 1. The van der Waals surface area contributed by atoms with E-state index in [1.807, 2.05) is 6.07 Å². The zero-order chi connectivity index (χ0) is 15.2. The smallest absolute Gasteiger partial charge is 0.173 e. The Kier molecular flexibility index (Phi) is 4.99. The van der Waals surface area contributed by atoms with Crippen molar-refractivity contribution in [1.29, 1.82) is 0 Å². The van der Waals surface area contributed by atoms with Gasteiger partial charge in [-0.05, 0) is 37.5 Å². The first-order valence-electron chi connectivity index (χ1n) is 6.92. The fourth-order valence-corrected chi connectivity index (χ4v) is 2.28. The monoisotopic (exact) mass is 284 g/mol. The van der Waals surface area contributed by atoms with Gasteiger partial charge in [0.15, 0.2) is 5.78 Å². The Morgan fingerprint density at radius 2 is 1.62 bits per heavy atom. The highest BCUT2D eigenvalue weighted by Gasteiger charge is 2.24. The maximum absolute atomic E-state index is 12.9. The van der Waals surface area contributed by atoms with Crippen LogP contribution in [0.2, 0.25) is 0 Å². The molecule has 1 unspecified atom stereocenters. The summed E-state index contributed by atoms with van der Waals surface area (Å²) in [5.41, 5.74) is 1.47. The summed E-state index contributed by atoms with van der Waals surface area (Å²) in [6, 6.07) is 15.0. The molecule has 0 bridgehead atoms. The molecule has 0 aromatic heterocycles. The Labute approximate surface area is 123 Å². The zero-order valence-electron chi connectivity index (χ0n) is 11.9. The van der Waals surface area contributed by atoms with Gasteiger partial charge in [0.2, 0.25) is 0 Å². The van der Waals surface area contributed by atoms with Crippen molar-refractivity contribution in [1.82, 2.24) is 0 Å². The predicted molar refractivity (Wildman–Crippen MR) is 79.7 cm³/mol. The zero-order valence-corrected chi connectivity index (χ0v) is 11.9. The molecular weight excluding hydrogens is 267 g/mol. The van der Waals surface area contributed by atoms with Gasteiger partial charge in [-0.3, -0.25) is 9.59 Å². The summed E-state index contributed by atoms with van der Waals surface area (Å²) in [5, 5.41) is 0. The first-order chi connectivity index (χ1) is 10.1. The molecule has 1 atom stereocenters. The lowest BCUT2D eigenvalue weighted by molar-refractivity contribution is -0.119. The lowest BCUT2D eigenvalue weighted by Gasteiger charge is -2.13. The SMILES string of the molecule is CC(=O)C(CCc1ccc(F)cc1)C(=O)c1ccccc1. The van der Waals surface area contributed by atoms with Crippen molar-refractivity contribution in [3.63, 3.8) is 0 Å². The van der Waals surface area contributed by atoms with E-state index in [0.717, 1.165) is 5.56 Å². The number of carbonyl (C=O) groups is 2. The summed E-state index contributed by atoms with van der Waals surface area (Å²) in [5.74, 6) is -1.21. The number of carbonyl (C=O) groups excluding carboxylic acids is 2. The molecule has 0 aliphatic carbocycles. The van der Waals surface area contributed by atoms with Crippen molar-refractivity contribution in [2.45, 2.75) is 19.8 Å². The van der Waals surface area contributed by atoms with E-state index in [2.05, 4.69) is 0 Å². The van der Waals surface area contributed by atoms with Gasteiger partial charge in [-0.15, -0.1) is 0 Å². The largest absolute Gasteiger partial charge is 0.299 e. The molecule has 21 heavy (non-hydrogen) atoms. The van der Waals surface area contributed by atoms with E-state index in [-0.39, 0.29) is 17.4 Å². The fourth-order valence-electron chi connectivity index (χ4n) is 2.28. The number of benzene rings is 2. The molecule has 2 nitrogen and oxygen atoms in total. The summed E-state index contributed by atoms with van der Waals surface area (Å²) in [6.45, 7) is 1.44. The van der Waals surface area contributed by atoms with Gasteiger partial charge in [0.1, 0.15) is 11.6 Å². The van der Waals surface area contributed by atoms with Crippen LogP contribution in [0, 0.1) is 11.7 Å². The minimum absolute atomic E-state index is 0.133. The Morgan fingerprint density at radius 1 is 1.00 bits per heavy atom. The quantitative estimate of drug-likeness (QED) is 0.596. The first-order valence-corrected chi connectivity index (χ1v) is 6.92. The predicted octanol–water partition coefficient (Wildman–Crippen LogP) is 3.85. The summed E-state index contributed by atoms with van der Waals surface area (Å²) >= 11 is 0. The molecular formula is C18H17FO2. The van der Waals surface area contributed by atoms with Gasteiger partial charge in [0.05, 0.1) is 5.92 Å². The lowest BCUT2D eigenvalue weighted by atomic mass is 9.89. The summed E-state index contributed by atoms with van der Waals surface area (Å²) in [6.07, 6.45) is 1.01. The second-order valence-corrected chi connectivity index (χ2v) is 5.06. The highest BCUT2D eigenvalue weighted by Crippen LogP contribution is 2.17. The van der Waals surface area contributed by atoms with Crippen molar-refractivity contribution in [2.24, 2.45) is 5.92 Å². The van der Waals surface area contributed by atoms with E-state index in [4.69, 9.17) is 0 Å². The molecule has 0 heterocycles. The van der Waals surface area contributed by atoms with Crippen LogP contribution in [0.15, 0.2) is 54.6 Å². The number of hydrogen-bond donors (Lipinski definition) is 0. The maximum Gasteiger partial charge on any atom is 0.173 e. The average Bonchev–Trinajstić information content (AvgIpc) is 2.49. The number of Topliss-reactive ketones (excluding diaryl/α,β-unsaturated/α-hetero) is 2. The molecule has 0 saturated heterocycles. The van der Waals surface area contributed by atoms with Crippen LogP contribution in [-0.2, 0) is 11.2 Å². The third-order valence-electron chi connectivity index (χ3n) is 3.50. The Hall–Kier alpha value is -2.29. The third kappa shape index (κ3) is 4.09. The molecule has 0 aliphatic rings. The molecule has 0 fully saturated rings. The average molecular weight is 284 g/mol. The lowest BCUT2D eigenvalue weighted by Crippen LogP contribution is -2.22. The molecule has 2 aromatic rings. The van der Waals surface area contributed by atoms with Gasteiger partial charge in [-0.1, -0.05) is 42.5 Å². The Balaban J connectivity index is 2.07. The molecule has 0 N–H and O–H groups in total. The van der Waals surface area contributed by atoms with Crippen LogP contribution < -0.4 is 0 Å². The van der Waals surface area contributed by atoms with Gasteiger partial charge in [-0.2, -0.15) is 0 Å². The number of rotatable bonds is 6. The van der Waals surface area contributed by atoms with Crippen LogP contribution in [0.25, 0.3) is 0 Å². The molecule has 0 saturated carbocycles. The Bertz CT molecular complexity index is 617. The third-order valence-corrected chi connectivity index (χ3v) is 3.50. The summed E-state index contributed by atoms with van der Waals surface area (Å²) < 4.78 is 12.9. The molecule has 108 valence electrons. The van der Waals surface area contributed by atoms with E-state index >= 15 is 0 Å². The van der Waals surface area contributed by atoms with Gasteiger partial charge in [-0.25, -0.2) is 4.39 Å². The topological polar surface area (TPSA) is 34.1 Å². The van der Waals surface area contributed by atoms with Crippen molar-refractivity contribution in [2.75, 3.05) is 0 Å². The first kappa shape index (κ1) is 15.1. The highest BCUT2D eigenvalue weighted by atomic mass is 19.1. The van der Waals surface area contributed by atoms with Crippen molar-refractivity contribution >= 4 is 11.6 Å². The second-order valence-electron chi connectivity index (χ2n) is 5.06. The standard InChI is InChI=1S/C18H17FO2/c1-13(20)17(18(21)15-5-3-2-4-6-15)12-9-14-7-10-16(19)11-8-14/h2-8,10-11,17H,9,12H2,1H3. The van der Waals surface area contributed by atoms with Crippen LogP contribution >= 0.6 is 0 Å². The van der Waals surface area contributed by atoms with Crippen molar-refractivity contribution in [3.05, 3.63) is 71.5 Å². The van der Waals surface area contributed by atoms with Gasteiger partial charge in [0, 0.05) is 5.56 Å². The van der Waals surface area contributed by atoms with Gasteiger partial charge < -0.3 is 0 Å². The molecule has 2 aromatic carbocycles. The Morgan fingerprint density at radius 3 is 2.19 bits per heavy atom. The molecule has 0 spiro atoms.